The van der Waals surface area contributed by atoms with Gasteiger partial charge in [-0.3, -0.25) is 4.79 Å². The summed E-state index contributed by atoms with van der Waals surface area (Å²) >= 11 is 7.38. The number of fused-ring (bicyclic) bond motifs is 1. The number of esters is 1. The van der Waals surface area contributed by atoms with Crippen molar-refractivity contribution in [3.05, 3.63) is 51.2 Å². The molecule has 0 spiro atoms. The van der Waals surface area contributed by atoms with E-state index < -0.39 is 0 Å². The van der Waals surface area contributed by atoms with E-state index in [0.717, 1.165) is 35.3 Å². The molecule has 0 saturated heterocycles. The van der Waals surface area contributed by atoms with E-state index in [9.17, 15) is 9.59 Å². The molecule has 0 saturated carbocycles. The SMILES string of the molecule is CCOC(=O)c1c(NC(=O)CCc2nc(-c3ccc(Cl)cc3)no2)sc2c1CCC(C)C2. The van der Waals surface area contributed by atoms with Gasteiger partial charge in [0.25, 0.3) is 0 Å². The largest absolute Gasteiger partial charge is 0.462 e. The second-order valence-corrected chi connectivity index (χ2v) is 9.38. The summed E-state index contributed by atoms with van der Waals surface area (Å²) in [7, 11) is 0. The number of ether oxygens (including phenoxy) is 1. The maximum absolute atomic E-state index is 12.6. The van der Waals surface area contributed by atoms with E-state index in [4.69, 9.17) is 20.9 Å². The van der Waals surface area contributed by atoms with Crippen LogP contribution in [0.5, 0.6) is 0 Å². The van der Waals surface area contributed by atoms with Crippen molar-refractivity contribution in [1.29, 1.82) is 0 Å². The van der Waals surface area contributed by atoms with Crippen LogP contribution in [0.1, 0.15) is 53.4 Å². The Labute approximate surface area is 195 Å². The molecule has 9 heteroatoms. The molecule has 0 bridgehead atoms. The van der Waals surface area contributed by atoms with Gasteiger partial charge in [0.05, 0.1) is 12.2 Å². The lowest BCUT2D eigenvalue weighted by molar-refractivity contribution is -0.116. The summed E-state index contributed by atoms with van der Waals surface area (Å²) in [6, 6.07) is 7.12. The molecule has 168 valence electrons. The number of aryl methyl sites for hydroxylation is 1. The highest BCUT2D eigenvalue weighted by Gasteiger charge is 2.29. The third kappa shape index (κ3) is 5.02. The fourth-order valence-corrected chi connectivity index (χ4v) is 5.28. The Hall–Kier alpha value is -2.71. The first-order valence-electron chi connectivity index (χ1n) is 10.6. The number of rotatable bonds is 7. The lowest BCUT2D eigenvalue weighted by Gasteiger charge is -2.18. The summed E-state index contributed by atoms with van der Waals surface area (Å²) in [5.74, 6) is 0.789. The van der Waals surface area contributed by atoms with Crippen molar-refractivity contribution in [2.45, 2.75) is 46.0 Å². The van der Waals surface area contributed by atoms with Gasteiger partial charge in [0, 0.05) is 28.3 Å². The van der Waals surface area contributed by atoms with Crippen LogP contribution in [0.3, 0.4) is 0 Å². The molecule has 1 aliphatic rings. The van der Waals surface area contributed by atoms with Gasteiger partial charge in [-0.1, -0.05) is 23.7 Å². The topological polar surface area (TPSA) is 94.3 Å². The highest BCUT2D eigenvalue weighted by Crippen LogP contribution is 2.40. The van der Waals surface area contributed by atoms with Crippen LogP contribution in [0, 0.1) is 5.92 Å². The van der Waals surface area contributed by atoms with Gasteiger partial charge in [0.1, 0.15) is 5.00 Å². The number of anilines is 1. The highest BCUT2D eigenvalue weighted by molar-refractivity contribution is 7.17. The Morgan fingerprint density at radius 1 is 1.31 bits per heavy atom. The summed E-state index contributed by atoms with van der Waals surface area (Å²) in [4.78, 5) is 30.7. The first-order chi connectivity index (χ1) is 15.4. The smallest absolute Gasteiger partial charge is 0.341 e. The number of nitrogens with zero attached hydrogens (tertiary/aromatic N) is 2. The fourth-order valence-electron chi connectivity index (χ4n) is 3.74. The van der Waals surface area contributed by atoms with Crippen molar-refractivity contribution in [2.75, 3.05) is 11.9 Å². The van der Waals surface area contributed by atoms with Crippen LogP contribution in [0.2, 0.25) is 5.02 Å². The van der Waals surface area contributed by atoms with E-state index in [1.807, 2.05) is 0 Å². The molecule has 1 unspecified atom stereocenters. The highest BCUT2D eigenvalue weighted by atomic mass is 35.5. The molecule has 3 aromatic rings. The first-order valence-corrected chi connectivity index (χ1v) is 11.8. The van der Waals surface area contributed by atoms with Crippen LogP contribution < -0.4 is 5.32 Å². The lowest BCUT2D eigenvalue weighted by atomic mass is 9.88. The van der Waals surface area contributed by atoms with Gasteiger partial charge in [0.2, 0.25) is 17.6 Å². The van der Waals surface area contributed by atoms with E-state index in [1.54, 1.807) is 31.2 Å². The zero-order chi connectivity index (χ0) is 22.7. The Morgan fingerprint density at radius 3 is 2.84 bits per heavy atom. The molecule has 1 N–H and O–H groups in total. The number of hydrogen-bond donors (Lipinski definition) is 1. The summed E-state index contributed by atoms with van der Waals surface area (Å²) < 4.78 is 10.5. The Bertz CT molecular complexity index is 1120. The minimum absolute atomic E-state index is 0.156. The third-order valence-corrected chi connectivity index (χ3v) is 6.80. The minimum Gasteiger partial charge on any atom is -0.462 e. The van der Waals surface area contributed by atoms with Crippen LogP contribution in [0.4, 0.5) is 5.00 Å². The molecule has 1 aliphatic carbocycles. The van der Waals surface area contributed by atoms with Crippen LogP contribution in [0.15, 0.2) is 28.8 Å². The van der Waals surface area contributed by atoms with Gasteiger partial charge >= 0.3 is 5.97 Å². The quantitative estimate of drug-likeness (QED) is 0.466. The molecule has 1 amide bonds. The summed E-state index contributed by atoms with van der Waals surface area (Å²) in [6.07, 6.45) is 3.22. The third-order valence-electron chi connectivity index (χ3n) is 5.38. The number of carbonyl (C=O) groups is 2. The predicted molar refractivity (Wildman–Crippen MR) is 123 cm³/mol. The molecule has 1 aromatic carbocycles. The molecular formula is C23H24ClN3O4S. The number of halogens is 1. The van der Waals surface area contributed by atoms with Crippen molar-refractivity contribution in [1.82, 2.24) is 10.1 Å². The molecular weight excluding hydrogens is 450 g/mol. The van der Waals surface area contributed by atoms with Crippen molar-refractivity contribution in [3.8, 4) is 11.4 Å². The van der Waals surface area contributed by atoms with Crippen molar-refractivity contribution in [3.63, 3.8) is 0 Å². The lowest BCUT2D eigenvalue weighted by Crippen LogP contribution is -2.17. The molecule has 0 fully saturated rings. The molecule has 2 aromatic heterocycles. The van der Waals surface area contributed by atoms with E-state index in [0.29, 0.717) is 46.2 Å². The monoisotopic (exact) mass is 473 g/mol. The van der Waals surface area contributed by atoms with Crippen molar-refractivity contribution in [2.24, 2.45) is 5.92 Å². The normalized spacial score (nSPS) is 15.3. The molecule has 32 heavy (non-hydrogen) atoms. The van der Waals surface area contributed by atoms with Gasteiger partial charge in [-0.05, 0) is 61.9 Å². The number of benzene rings is 1. The van der Waals surface area contributed by atoms with E-state index in [-0.39, 0.29) is 18.3 Å². The molecule has 1 atom stereocenters. The second-order valence-electron chi connectivity index (χ2n) is 7.84. The van der Waals surface area contributed by atoms with Crippen molar-refractivity contribution < 1.29 is 18.8 Å². The number of aromatic nitrogens is 2. The van der Waals surface area contributed by atoms with Gasteiger partial charge in [-0.2, -0.15) is 4.98 Å². The Kier molecular flexibility index (Phi) is 6.91. The molecule has 2 heterocycles. The summed E-state index contributed by atoms with van der Waals surface area (Å²) in [6.45, 7) is 4.27. The minimum atomic E-state index is -0.376. The number of amides is 1. The number of nitrogens with one attached hydrogen (secondary N) is 1. The maximum atomic E-state index is 12.6. The van der Waals surface area contributed by atoms with Crippen LogP contribution in [-0.4, -0.2) is 28.6 Å². The fraction of sp³-hybridized carbons (Fsp3) is 0.391. The van der Waals surface area contributed by atoms with Gasteiger partial charge in [-0.25, -0.2) is 4.79 Å². The Balaban J connectivity index is 1.43. The van der Waals surface area contributed by atoms with Crippen LogP contribution >= 0.6 is 22.9 Å². The zero-order valence-electron chi connectivity index (χ0n) is 17.9. The van der Waals surface area contributed by atoms with Crippen LogP contribution in [-0.2, 0) is 28.8 Å². The number of carbonyl (C=O) groups excluding carboxylic acids is 2. The van der Waals surface area contributed by atoms with E-state index >= 15 is 0 Å². The second kappa shape index (κ2) is 9.83. The van der Waals surface area contributed by atoms with E-state index in [2.05, 4.69) is 22.4 Å². The van der Waals surface area contributed by atoms with Gasteiger partial charge < -0.3 is 14.6 Å². The number of hydrogen-bond acceptors (Lipinski definition) is 7. The maximum Gasteiger partial charge on any atom is 0.341 e. The Morgan fingerprint density at radius 2 is 2.09 bits per heavy atom. The molecule has 7 nitrogen and oxygen atoms in total. The van der Waals surface area contributed by atoms with Crippen molar-refractivity contribution >= 4 is 39.8 Å². The van der Waals surface area contributed by atoms with Gasteiger partial charge in [-0.15, -0.1) is 11.3 Å². The summed E-state index contributed by atoms with van der Waals surface area (Å²) in [5, 5.41) is 8.07. The number of thiophene rings is 1. The van der Waals surface area contributed by atoms with Gasteiger partial charge in [0.15, 0.2) is 0 Å². The van der Waals surface area contributed by atoms with E-state index in [1.165, 1.54) is 11.3 Å². The zero-order valence-corrected chi connectivity index (χ0v) is 19.5. The predicted octanol–water partition coefficient (Wildman–Crippen LogP) is 5.32. The molecule has 0 radical (unpaired) electrons. The molecule has 4 rings (SSSR count). The summed E-state index contributed by atoms with van der Waals surface area (Å²) in [5.41, 5.74) is 2.31. The van der Waals surface area contributed by atoms with Crippen LogP contribution in [0.25, 0.3) is 11.4 Å². The average molecular weight is 474 g/mol. The average Bonchev–Trinajstić information content (AvgIpc) is 3.37. The first kappa shape index (κ1) is 22.5. The standard InChI is InChI=1S/C23H24ClN3O4S/c1-3-30-23(29)20-16-9-4-13(2)12-17(16)32-22(20)25-18(28)10-11-19-26-21(27-31-19)14-5-7-15(24)8-6-14/h5-8,13H,3-4,9-12H2,1-2H3,(H,25,28). The molecule has 0 aliphatic heterocycles.